The summed E-state index contributed by atoms with van der Waals surface area (Å²) in [5, 5.41) is 0. The molecule has 4 nitrogen and oxygen atoms in total. The zero-order valence-electron chi connectivity index (χ0n) is 20.6. The second-order valence-electron chi connectivity index (χ2n) is 10.2. The van der Waals surface area contributed by atoms with Gasteiger partial charge in [0.2, 0.25) is 0 Å². The van der Waals surface area contributed by atoms with Gasteiger partial charge in [-0.3, -0.25) is 4.79 Å². The molecule has 2 aromatic rings. The Kier molecular flexibility index (Phi) is 8.12. The summed E-state index contributed by atoms with van der Waals surface area (Å²) in [5.41, 5.74) is 3.84. The molecule has 33 heavy (non-hydrogen) atoms. The molecule has 4 heteroatoms. The molecule has 0 bridgehead atoms. The minimum absolute atomic E-state index is 0.155. The average molecular weight is 448 g/mol. The van der Waals surface area contributed by atoms with Crippen molar-refractivity contribution in [2.75, 3.05) is 13.1 Å². The summed E-state index contributed by atoms with van der Waals surface area (Å²) in [7, 11) is 0. The fraction of sp³-hybridized carbons (Fsp3) is 0.448. The van der Waals surface area contributed by atoms with Crippen molar-refractivity contribution in [2.45, 2.75) is 71.3 Å². The van der Waals surface area contributed by atoms with Crippen LogP contribution in [0.1, 0.15) is 76.8 Å². The summed E-state index contributed by atoms with van der Waals surface area (Å²) in [6, 6.07) is 20.5. The van der Waals surface area contributed by atoms with Crippen LogP contribution in [0.2, 0.25) is 0 Å². The lowest BCUT2D eigenvalue weighted by molar-refractivity contribution is -0.116. The van der Waals surface area contributed by atoms with Crippen LogP contribution in [0.15, 0.2) is 71.8 Å². The Morgan fingerprint density at radius 1 is 0.909 bits per heavy atom. The molecule has 0 aromatic heterocycles. The van der Waals surface area contributed by atoms with Crippen LogP contribution >= 0.6 is 0 Å². The Bertz CT molecular complexity index is 973. The van der Waals surface area contributed by atoms with Gasteiger partial charge in [-0.1, -0.05) is 74.5 Å². The number of Topliss-reactive ketones (excluding diaryl/α,β-unsaturated/α-hetero) is 1. The number of benzene rings is 2. The van der Waals surface area contributed by atoms with Crippen molar-refractivity contribution in [1.82, 2.24) is 4.90 Å². The van der Waals surface area contributed by atoms with Gasteiger partial charge in [-0.05, 0) is 67.7 Å². The van der Waals surface area contributed by atoms with E-state index in [1.165, 1.54) is 11.1 Å². The molecule has 1 aliphatic rings. The molecular weight excluding hydrogens is 410 g/mol. The highest BCUT2D eigenvalue weighted by Gasteiger charge is 2.30. The number of ketones is 1. The monoisotopic (exact) mass is 447 g/mol. The van der Waals surface area contributed by atoms with Gasteiger partial charge >= 0.3 is 6.09 Å². The first-order valence-electron chi connectivity index (χ1n) is 12.0. The van der Waals surface area contributed by atoms with Crippen molar-refractivity contribution in [3.8, 4) is 0 Å². The van der Waals surface area contributed by atoms with E-state index in [4.69, 9.17) is 4.74 Å². The molecule has 3 rings (SSSR count). The van der Waals surface area contributed by atoms with Crippen LogP contribution in [0.25, 0.3) is 0 Å². The van der Waals surface area contributed by atoms with E-state index < -0.39 is 5.60 Å². The number of hydrogen-bond donors (Lipinski definition) is 0. The van der Waals surface area contributed by atoms with Crippen molar-refractivity contribution >= 4 is 11.9 Å². The van der Waals surface area contributed by atoms with E-state index in [0.29, 0.717) is 25.9 Å². The summed E-state index contributed by atoms with van der Waals surface area (Å²) in [4.78, 5) is 27.9. The van der Waals surface area contributed by atoms with Gasteiger partial charge in [0.15, 0.2) is 5.78 Å². The highest BCUT2D eigenvalue weighted by molar-refractivity contribution is 5.97. The van der Waals surface area contributed by atoms with Crippen molar-refractivity contribution in [3.63, 3.8) is 0 Å². The maximum atomic E-state index is 13.4. The third-order valence-corrected chi connectivity index (χ3v) is 6.21. The van der Waals surface area contributed by atoms with Crippen LogP contribution in [0.4, 0.5) is 4.79 Å². The largest absolute Gasteiger partial charge is 0.444 e. The van der Waals surface area contributed by atoms with E-state index in [0.717, 1.165) is 17.6 Å². The molecule has 0 saturated heterocycles. The lowest BCUT2D eigenvalue weighted by atomic mass is 9.84. The predicted octanol–water partition coefficient (Wildman–Crippen LogP) is 6.88. The van der Waals surface area contributed by atoms with Gasteiger partial charge in [0.25, 0.3) is 0 Å². The third kappa shape index (κ3) is 7.05. The molecule has 0 unspecified atom stereocenters. The standard InChI is InChI=1S/C29H37NO3/c1-21(23-12-8-6-9-13-23)18-25-20-30(28(32)33-29(3,4)5)17-16-26(25)27(31)19-22(2)24-14-10-7-11-15-24/h6-15,21-22H,16-20H2,1-5H3/t21-,22-/m1/s1. The molecule has 0 N–H and O–H groups in total. The summed E-state index contributed by atoms with van der Waals surface area (Å²) < 4.78 is 5.61. The van der Waals surface area contributed by atoms with Gasteiger partial charge in [-0.2, -0.15) is 0 Å². The zero-order chi connectivity index (χ0) is 24.0. The molecule has 0 radical (unpaired) electrons. The minimum atomic E-state index is -0.542. The fourth-order valence-electron chi connectivity index (χ4n) is 4.40. The number of hydrogen-bond acceptors (Lipinski definition) is 3. The van der Waals surface area contributed by atoms with Gasteiger partial charge in [0.05, 0.1) is 0 Å². The van der Waals surface area contributed by atoms with Crippen molar-refractivity contribution in [1.29, 1.82) is 0 Å². The molecule has 176 valence electrons. The summed E-state index contributed by atoms with van der Waals surface area (Å²) in [5.74, 6) is 0.613. The summed E-state index contributed by atoms with van der Waals surface area (Å²) in [6.07, 6.45) is 1.51. The normalized spacial score (nSPS) is 16.3. The molecular formula is C29H37NO3. The Balaban J connectivity index is 1.82. The fourth-order valence-corrected chi connectivity index (χ4v) is 4.40. The number of carbonyl (C=O) groups is 2. The van der Waals surface area contributed by atoms with Gasteiger partial charge < -0.3 is 9.64 Å². The van der Waals surface area contributed by atoms with Crippen molar-refractivity contribution < 1.29 is 14.3 Å². The second kappa shape index (κ2) is 10.8. The van der Waals surface area contributed by atoms with E-state index in [9.17, 15) is 9.59 Å². The SMILES string of the molecule is C[C@H](CC(=O)C1=C(C[C@@H](C)c2ccccc2)CN(C(=O)OC(C)(C)C)CC1)c1ccccc1. The van der Waals surface area contributed by atoms with Crippen LogP contribution in [0, 0.1) is 0 Å². The second-order valence-corrected chi connectivity index (χ2v) is 10.2. The molecule has 2 atom stereocenters. The van der Waals surface area contributed by atoms with Crippen LogP contribution in [-0.2, 0) is 9.53 Å². The average Bonchev–Trinajstić information content (AvgIpc) is 2.79. The first-order chi connectivity index (χ1) is 15.6. The zero-order valence-corrected chi connectivity index (χ0v) is 20.6. The quantitative estimate of drug-likeness (QED) is 0.465. The van der Waals surface area contributed by atoms with Gasteiger partial charge in [0, 0.05) is 19.5 Å². The molecule has 1 amide bonds. The van der Waals surface area contributed by atoms with E-state index in [1.807, 2.05) is 57.2 Å². The van der Waals surface area contributed by atoms with Gasteiger partial charge in [-0.25, -0.2) is 4.79 Å². The van der Waals surface area contributed by atoms with Gasteiger partial charge in [0.1, 0.15) is 5.60 Å². The van der Waals surface area contributed by atoms with Crippen LogP contribution in [-0.4, -0.2) is 35.5 Å². The Hall–Kier alpha value is -2.88. The molecule has 1 heterocycles. The highest BCUT2D eigenvalue weighted by Crippen LogP contribution is 2.32. The van der Waals surface area contributed by atoms with Crippen LogP contribution < -0.4 is 0 Å². The number of carbonyl (C=O) groups excluding carboxylic acids is 2. The maximum absolute atomic E-state index is 13.4. The number of rotatable bonds is 7. The lowest BCUT2D eigenvalue weighted by Crippen LogP contribution is -2.41. The first-order valence-corrected chi connectivity index (χ1v) is 12.0. The Morgan fingerprint density at radius 3 is 2.00 bits per heavy atom. The lowest BCUT2D eigenvalue weighted by Gasteiger charge is -2.33. The van der Waals surface area contributed by atoms with E-state index >= 15 is 0 Å². The predicted molar refractivity (Wildman–Crippen MR) is 133 cm³/mol. The molecule has 0 fully saturated rings. The smallest absolute Gasteiger partial charge is 0.410 e. The summed E-state index contributed by atoms with van der Waals surface area (Å²) >= 11 is 0. The van der Waals surface area contributed by atoms with E-state index in [-0.39, 0.29) is 23.7 Å². The first kappa shape index (κ1) is 24.8. The number of nitrogens with zero attached hydrogens (tertiary/aromatic N) is 1. The van der Waals surface area contributed by atoms with Gasteiger partial charge in [-0.15, -0.1) is 0 Å². The van der Waals surface area contributed by atoms with Crippen LogP contribution in [0.3, 0.4) is 0 Å². The van der Waals surface area contributed by atoms with Crippen molar-refractivity contribution in [2.24, 2.45) is 0 Å². The minimum Gasteiger partial charge on any atom is -0.444 e. The number of amides is 1. The number of ether oxygens (including phenoxy) is 1. The van der Waals surface area contributed by atoms with Crippen molar-refractivity contribution in [3.05, 3.63) is 82.9 Å². The molecule has 0 saturated carbocycles. The summed E-state index contributed by atoms with van der Waals surface area (Å²) in [6.45, 7) is 10.9. The molecule has 0 spiro atoms. The van der Waals surface area contributed by atoms with E-state index in [1.54, 1.807) is 4.90 Å². The topological polar surface area (TPSA) is 46.6 Å². The molecule has 1 aliphatic heterocycles. The highest BCUT2D eigenvalue weighted by atomic mass is 16.6. The molecule has 0 aliphatic carbocycles. The van der Waals surface area contributed by atoms with Crippen LogP contribution in [0.5, 0.6) is 0 Å². The Labute approximate surface area is 198 Å². The third-order valence-electron chi connectivity index (χ3n) is 6.21. The van der Waals surface area contributed by atoms with E-state index in [2.05, 4.69) is 38.1 Å². The maximum Gasteiger partial charge on any atom is 0.410 e. The Morgan fingerprint density at radius 2 is 1.45 bits per heavy atom. The molecule has 2 aromatic carbocycles.